The Balaban J connectivity index is 1.90. The Kier molecular flexibility index (Phi) is 4.40. The third-order valence-electron chi connectivity index (χ3n) is 4.40. The molecule has 0 bridgehead atoms. The molecule has 10 heteroatoms. The van der Waals surface area contributed by atoms with Crippen LogP contribution in [0.1, 0.15) is 17.2 Å². The molecule has 1 fully saturated rings. The first-order valence-electron chi connectivity index (χ1n) is 8.21. The minimum Gasteiger partial charge on any atom is -0.507 e. The van der Waals surface area contributed by atoms with Gasteiger partial charge in [-0.15, -0.1) is 10.2 Å². The second kappa shape index (κ2) is 6.89. The Labute approximate surface area is 163 Å². The molecule has 1 unspecified atom stereocenters. The number of carbonyl (C=O) groups excluding carboxylic acids is 2. The molecule has 0 radical (unpaired) electrons. The van der Waals surface area contributed by atoms with Crippen molar-refractivity contribution in [1.82, 2.24) is 20.0 Å². The fraction of sp³-hybridized carbons (Fsp3) is 0.167. The number of amides is 1. The largest absolute Gasteiger partial charge is 0.507 e. The molecule has 4 rings (SSSR count). The standard InChI is InChI=1S/C18H15N5O4S/c1-22-8-11(7-20-22)14-13(15(24)10-3-5-12(27-2)6-4-10)16(25)17(26)23(14)18-21-19-9-28-18/h3-9,14,24H,1-2H3/b15-13+. The highest BCUT2D eigenvalue weighted by atomic mass is 32.1. The predicted molar refractivity (Wildman–Crippen MR) is 101 cm³/mol. The highest BCUT2D eigenvalue weighted by Crippen LogP contribution is 2.42. The van der Waals surface area contributed by atoms with Crippen LogP contribution in [0.2, 0.25) is 0 Å². The summed E-state index contributed by atoms with van der Waals surface area (Å²) in [5.74, 6) is -1.24. The number of ether oxygens (including phenoxy) is 1. The van der Waals surface area contributed by atoms with Gasteiger partial charge in [-0.2, -0.15) is 5.10 Å². The van der Waals surface area contributed by atoms with Crippen LogP contribution in [0, 0.1) is 0 Å². The second-order valence-corrected chi connectivity index (χ2v) is 6.88. The Hall–Kier alpha value is -3.53. The summed E-state index contributed by atoms with van der Waals surface area (Å²) in [5, 5.41) is 23.0. The van der Waals surface area contributed by atoms with Gasteiger partial charge in [-0.3, -0.25) is 19.2 Å². The molecule has 28 heavy (non-hydrogen) atoms. The number of ketones is 1. The number of hydrogen-bond donors (Lipinski definition) is 1. The number of Topliss-reactive ketones (excluding diaryl/α,β-unsaturated/α-hetero) is 1. The SMILES string of the molecule is COc1ccc(/C(O)=C2\C(=O)C(=O)N(c3nncs3)C2c2cnn(C)c2)cc1. The molecule has 3 heterocycles. The summed E-state index contributed by atoms with van der Waals surface area (Å²) < 4.78 is 6.68. The van der Waals surface area contributed by atoms with E-state index in [-0.39, 0.29) is 16.5 Å². The minimum absolute atomic E-state index is 0.0293. The van der Waals surface area contributed by atoms with Crippen LogP contribution in [0.15, 0.2) is 47.7 Å². The van der Waals surface area contributed by atoms with Gasteiger partial charge in [0.2, 0.25) is 5.13 Å². The zero-order chi connectivity index (χ0) is 19.8. The summed E-state index contributed by atoms with van der Waals surface area (Å²) >= 11 is 1.13. The number of anilines is 1. The molecule has 1 saturated heterocycles. The van der Waals surface area contributed by atoms with Crippen molar-refractivity contribution in [3.63, 3.8) is 0 Å². The van der Waals surface area contributed by atoms with E-state index >= 15 is 0 Å². The molecule has 1 aliphatic heterocycles. The van der Waals surface area contributed by atoms with Crippen LogP contribution in [0.3, 0.4) is 0 Å². The van der Waals surface area contributed by atoms with Crippen molar-refractivity contribution in [2.75, 3.05) is 12.0 Å². The maximum Gasteiger partial charge on any atom is 0.301 e. The monoisotopic (exact) mass is 397 g/mol. The molecule has 1 amide bonds. The maximum atomic E-state index is 12.8. The molecule has 1 aromatic carbocycles. The van der Waals surface area contributed by atoms with Crippen molar-refractivity contribution in [3.8, 4) is 5.75 Å². The Morgan fingerprint density at radius 2 is 2.00 bits per heavy atom. The number of nitrogens with zero attached hydrogens (tertiary/aromatic N) is 5. The number of benzene rings is 1. The van der Waals surface area contributed by atoms with Gasteiger partial charge in [-0.1, -0.05) is 11.3 Å². The molecular weight excluding hydrogens is 382 g/mol. The molecule has 142 valence electrons. The molecule has 1 atom stereocenters. The minimum atomic E-state index is -0.858. The highest BCUT2D eigenvalue weighted by molar-refractivity contribution is 7.13. The number of methoxy groups -OCH3 is 1. The normalized spacial score (nSPS) is 18.6. The molecule has 0 spiro atoms. The van der Waals surface area contributed by atoms with Crippen LogP contribution in [-0.4, -0.2) is 43.9 Å². The molecule has 0 aliphatic carbocycles. The number of hydrogen-bond acceptors (Lipinski definition) is 8. The average molecular weight is 397 g/mol. The third kappa shape index (κ3) is 2.83. The van der Waals surface area contributed by atoms with Gasteiger partial charge in [0, 0.05) is 24.4 Å². The first-order valence-corrected chi connectivity index (χ1v) is 9.09. The zero-order valence-electron chi connectivity index (χ0n) is 14.9. The molecule has 0 saturated carbocycles. The lowest BCUT2D eigenvalue weighted by molar-refractivity contribution is -0.132. The van der Waals surface area contributed by atoms with Gasteiger partial charge in [0.1, 0.15) is 23.1 Å². The average Bonchev–Trinajstić information content (AvgIpc) is 3.43. The van der Waals surface area contributed by atoms with E-state index in [1.807, 2.05) is 0 Å². The molecule has 2 aromatic heterocycles. The summed E-state index contributed by atoms with van der Waals surface area (Å²) in [6.45, 7) is 0. The van der Waals surface area contributed by atoms with E-state index in [9.17, 15) is 14.7 Å². The van der Waals surface area contributed by atoms with E-state index in [1.54, 1.807) is 48.4 Å². The van der Waals surface area contributed by atoms with Crippen LogP contribution >= 0.6 is 11.3 Å². The van der Waals surface area contributed by atoms with Crippen LogP contribution in [0.25, 0.3) is 5.76 Å². The molecule has 1 N–H and O–H groups in total. The number of aliphatic hydroxyl groups is 1. The van der Waals surface area contributed by atoms with E-state index in [4.69, 9.17) is 4.74 Å². The van der Waals surface area contributed by atoms with Gasteiger partial charge in [0.05, 0.1) is 18.9 Å². The quantitative estimate of drug-likeness (QED) is 0.407. The smallest absolute Gasteiger partial charge is 0.301 e. The Morgan fingerprint density at radius 1 is 1.25 bits per heavy atom. The van der Waals surface area contributed by atoms with E-state index in [2.05, 4.69) is 15.3 Å². The summed E-state index contributed by atoms with van der Waals surface area (Å²) in [6, 6.07) is 5.70. The third-order valence-corrected chi connectivity index (χ3v) is 5.09. The van der Waals surface area contributed by atoms with Gasteiger partial charge in [-0.25, -0.2) is 0 Å². The van der Waals surface area contributed by atoms with Crippen molar-refractivity contribution < 1.29 is 19.4 Å². The lowest BCUT2D eigenvalue weighted by Crippen LogP contribution is -2.29. The highest BCUT2D eigenvalue weighted by Gasteiger charge is 2.48. The zero-order valence-corrected chi connectivity index (χ0v) is 15.8. The van der Waals surface area contributed by atoms with Gasteiger partial charge in [0.15, 0.2) is 0 Å². The van der Waals surface area contributed by atoms with Gasteiger partial charge >= 0.3 is 5.91 Å². The van der Waals surface area contributed by atoms with Crippen molar-refractivity contribution in [1.29, 1.82) is 0 Å². The van der Waals surface area contributed by atoms with E-state index in [1.165, 1.54) is 17.5 Å². The first-order chi connectivity index (χ1) is 13.5. The van der Waals surface area contributed by atoms with Gasteiger partial charge in [0.25, 0.3) is 5.78 Å². The van der Waals surface area contributed by atoms with Crippen LogP contribution in [0.4, 0.5) is 5.13 Å². The summed E-state index contributed by atoms with van der Waals surface area (Å²) in [6.07, 6.45) is 3.23. The number of rotatable bonds is 4. The van der Waals surface area contributed by atoms with Crippen molar-refractivity contribution in [2.45, 2.75) is 6.04 Å². The lowest BCUT2D eigenvalue weighted by atomic mass is 9.97. The summed E-state index contributed by atoms with van der Waals surface area (Å²) in [4.78, 5) is 26.8. The van der Waals surface area contributed by atoms with Gasteiger partial charge in [-0.05, 0) is 24.3 Å². The number of aliphatic hydroxyl groups excluding tert-OH is 1. The van der Waals surface area contributed by atoms with Crippen molar-refractivity contribution >= 4 is 33.9 Å². The second-order valence-electron chi connectivity index (χ2n) is 6.07. The topological polar surface area (TPSA) is 110 Å². The molecular formula is C18H15N5O4S. The number of carbonyl (C=O) groups is 2. The molecule has 1 aliphatic rings. The van der Waals surface area contributed by atoms with E-state index in [0.29, 0.717) is 16.9 Å². The first kappa shape index (κ1) is 17.9. The van der Waals surface area contributed by atoms with Crippen LogP contribution < -0.4 is 9.64 Å². The number of aromatic nitrogens is 4. The van der Waals surface area contributed by atoms with E-state index in [0.717, 1.165) is 11.3 Å². The van der Waals surface area contributed by atoms with Gasteiger partial charge < -0.3 is 9.84 Å². The molecule has 3 aromatic rings. The Bertz CT molecular complexity index is 1070. The van der Waals surface area contributed by atoms with E-state index < -0.39 is 17.7 Å². The fourth-order valence-corrected chi connectivity index (χ4v) is 3.69. The summed E-state index contributed by atoms with van der Waals surface area (Å²) in [7, 11) is 3.26. The van der Waals surface area contributed by atoms with Crippen molar-refractivity contribution in [2.24, 2.45) is 7.05 Å². The van der Waals surface area contributed by atoms with Crippen LogP contribution in [0.5, 0.6) is 5.75 Å². The fourth-order valence-electron chi connectivity index (χ4n) is 3.10. The van der Waals surface area contributed by atoms with Crippen LogP contribution in [-0.2, 0) is 16.6 Å². The summed E-state index contributed by atoms with van der Waals surface area (Å²) in [5.41, 5.74) is 2.41. The maximum absolute atomic E-state index is 12.8. The Morgan fingerprint density at radius 3 is 2.57 bits per heavy atom. The predicted octanol–water partition coefficient (Wildman–Crippen LogP) is 1.91. The molecule has 9 nitrogen and oxygen atoms in total. The lowest BCUT2D eigenvalue weighted by Gasteiger charge is -2.20. The van der Waals surface area contributed by atoms with Crippen molar-refractivity contribution in [3.05, 3.63) is 58.9 Å². The number of aryl methyl sites for hydroxylation is 1.